The third-order valence-electron chi connectivity index (χ3n) is 2.88. The van der Waals surface area contributed by atoms with Crippen molar-refractivity contribution in [2.24, 2.45) is 0 Å². The van der Waals surface area contributed by atoms with Gasteiger partial charge in [0.25, 0.3) is 0 Å². The van der Waals surface area contributed by atoms with Crippen LogP contribution in [0.1, 0.15) is 12.5 Å². The highest BCUT2D eigenvalue weighted by atomic mass is 16.6. The normalized spacial score (nSPS) is 10.4. The quantitative estimate of drug-likeness (QED) is 0.654. The van der Waals surface area contributed by atoms with Gasteiger partial charge in [-0.2, -0.15) is 0 Å². The third-order valence-corrected chi connectivity index (χ3v) is 2.88. The second-order valence-electron chi connectivity index (χ2n) is 4.05. The van der Waals surface area contributed by atoms with Crippen LogP contribution in [0.2, 0.25) is 0 Å². The smallest absolute Gasteiger partial charge is 0.311 e. The number of aryl methyl sites for hydroxylation is 1. The van der Waals surface area contributed by atoms with Crippen LogP contribution in [0.25, 0.3) is 11.1 Å². The molecule has 0 unspecified atom stereocenters. The van der Waals surface area contributed by atoms with Crippen LogP contribution < -0.4 is 0 Å². The van der Waals surface area contributed by atoms with Crippen molar-refractivity contribution in [1.82, 2.24) is 0 Å². The molecule has 5 heteroatoms. The predicted octanol–water partition coefficient (Wildman–Crippen LogP) is 3.04. The highest BCUT2D eigenvalue weighted by molar-refractivity contribution is 5.78. The number of hydrogen-bond acceptors (Lipinski definition) is 4. The maximum Gasteiger partial charge on any atom is 0.311 e. The highest BCUT2D eigenvalue weighted by Crippen LogP contribution is 2.40. The number of hydrogen-bond donors (Lipinski definition) is 2. The Morgan fingerprint density at radius 1 is 1.32 bits per heavy atom. The number of phenols is 2. The molecular weight excluding hydrogens is 246 g/mol. The molecule has 0 aromatic heterocycles. The largest absolute Gasteiger partial charge is 0.507 e. The Morgan fingerprint density at radius 2 is 2.05 bits per heavy atom. The average Bonchev–Trinajstić information content (AvgIpc) is 2.39. The van der Waals surface area contributed by atoms with Crippen LogP contribution in [0.4, 0.5) is 5.69 Å². The molecule has 0 amide bonds. The topological polar surface area (TPSA) is 83.6 Å². The summed E-state index contributed by atoms with van der Waals surface area (Å²) in [5.74, 6) is -0.529. The van der Waals surface area contributed by atoms with E-state index in [9.17, 15) is 20.3 Å². The van der Waals surface area contributed by atoms with Crippen molar-refractivity contribution in [1.29, 1.82) is 0 Å². The van der Waals surface area contributed by atoms with Gasteiger partial charge in [-0.25, -0.2) is 0 Å². The van der Waals surface area contributed by atoms with Gasteiger partial charge in [-0.1, -0.05) is 19.1 Å². The lowest BCUT2D eigenvalue weighted by atomic mass is 10.0. The van der Waals surface area contributed by atoms with Crippen LogP contribution in [0, 0.1) is 16.2 Å². The number of phenolic OH excluding ortho intramolecular Hbond substituents is 2. The Morgan fingerprint density at radius 3 is 2.63 bits per heavy atom. The maximum atomic E-state index is 10.8. The molecule has 0 saturated heterocycles. The zero-order valence-corrected chi connectivity index (χ0v) is 10.3. The van der Waals surface area contributed by atoms with Crippen molar-refractivity contribution in [2.75, 3.05) is 0 Å². The standard InChI is InChI=1S/C14H12NO4/c1-2-9-6-7-10(13(16)8-9)11-4-3-5-12(14(11)17)15(18)19/h3,5-8,16-17H,2H2,1H3. The molecule has 0 atom stereocenters. The van der Waals surface area contributed by atoms with Crippen molar-refractivity contribution in [3.63, 3.8) is 0 Å². The first-order valence-electron chi connectivity index (χ1n) is 5.75. The first-order chi connectivity index (χ1) is 9.04. The van der Waals surface area contributed by atoms with E-state index in [2.05, 4.69) is 6.07 Å². The fourth-order valence-electron chi connectivity index (χ4n) is 1.84. The van der Waals surface area contributed by atoms with Gasteiger partial charge in [0, 0.05) is 17.2 Å². The molecule has 0 spiro atoms. The molecular formula is C14H12NO4. The minimum atomic E-state index is -0.676. The van der Waals surface area contributed by atoms with Gasteiger partial charge in [-0.15, -0.1) is 0 Å². The molecule has 0 aliphatic carbocycles. The van der Waals surface area contributed by atoms with Crippen LogP contribution >= 0.6 is 0 Å². The first-order valence-corrected chi connectivity index (χ1v) is 5.75. The summed E-state index contributed by atoms with van der Waals surface area (Å²) in [6.45, 7) is 1.95. The van der Waals surface area contributed by atoms with Crippen molar-refractivity contribution in [2.45, 2.75) is 13.3 Å². The van der Waals surface area contributed by atoms with Crippen molar-refractivity contribution >= 4 is 5.69 Å². The van der Waals surface area contributed by atoms with Gasteiger partial charge < -0.3 is 10.2 Å². The minimum Gasteiger partial charge on any atom is -0.507 e. The fourth-order valence-corrected chi connectivity index (χ4v) is 1.84. The Labute approximate surface area is 109 Å². The lowest BCUT2D eigenvalue weighted by Gasteiger charge is -2.08. The van der Waals surface area contributed by atoms with E-state index < -0.39 is 16.4 Å². The number of aromatic hydroxyl groups is 2. The number of nitrogens with zero attached hydrogens (tertiary/aromatic N) is 1. The molecule has 0 fully saturated rings. The van der Waals surface area contributed by atoms with E-state index in [1.165, 1.54) is 6.07 Å². The molecule has 2 aromatic carbocycles. The number of rotatable bonds is 3. The SMILES string of the molecule is CCc1ccc(-c2[c]ccc([N+](=O)[O-])c2O)c(O)c1. The van der Waals surface area contributed by atoms with Crippen molar-refractivity contribution < 1.29 is 15.1 Å². The molecule has 5 nitrogen and oxygen atoms in total. The van der Waals surface area contributed by atoms with Gasteiger partial charge in [0.2, 0.25) is 5.75 Å². The molecule has 0 saturated carbocycles. The zero-order chi connectivity index (χ0) is 14.0. The average molecular weight is 258 g/mol. The zero-order valence-electron chi connectivity index (χ0n) is 10.3. The summed E-state index contributed by atoms with van der Waals surface area (Å²) >= 11 is 0. The molecule has 2 aromatic rings. The second kappa shape index (κ2) is 4.97. The van der Waals surface area contributed by atoms with Gasteiger partial charge in [-0.05, 0) is 30.2 Å². The number of nitro benzene ring substituents is 1. The monoisotopic (exact) mass is 258 g/mol. The van der Waals surface area contributed by atoms with E-state index in [4.69, 9.17) is 0 Å². The van der Waals surface area contributed by atoms with E-state index in [-0.39, 0.29) is 11.3 Å². The van der Waals surface area contributed by atoms with E-state index in [1.807, 2.05) is 6.92 Å². The molecule has 19 heavy (non-hydrogen) atoms. The summed E-state index contributed by atoms with van der Waals surface area (Å²) in [4.78, 5) is 10.1. The summed E-state index contributed by atoms with van der Waals surface area (Å²) < 4.78 is 0. The third kappa shape index (κ3) is 2.35. The Bertz CT molecular complexity index is 637. The Kier molecular flexibility index (Phi) is 3.37. The lowest BCUT2D eigenvalue weighted by Crippen LogP contribution is -1.91. The van der Waals surface area contributed by atoms with Crippen LogP contribution in [0.15, 0.2) is 30.3 Å². The molecule has 0 bridgehead atoms. The van der Waals surface area contributed by atoms with Crippen LogP contribution in [-0.2, 0) is 6.42 Å². The van der Waals surface area contributed by atoms with Crippen LogP contribution in [0.3, 0.4) is 0 Å². The number of nitro groups is 1. The summed E-state index contributed by atoms with van der Waals surface area (Å²) in [5, 5.41) is 30.6. The maximum absolute atomic E-state index is 10.8. The Balaban J connectivity index is 2.59. The van der Waals surface area contributed by atoms with Gasteiger partial charge in [-0.3, -0.25) is 10.1 Å². The summed E-state index contributed by atoms with van der Waals surface area (Å²) in [6, 6.07) is 10.2. The molecule has 0 aliphatic rings. The van der Waals surface area contributed by atoms with Gasteiger partial charge >= 0.3 is 5.69 Å². The van der Waals surface area contributed by atoms with Gasteiger partial charge in [0.1, 0.15) is 5.75 Å². The van der Waals surface area contributed by atoms with Crippen molar-refractivity contribution in [3.05, 3.63) is 52.1 Å². The van der Waals surface area contributed by atoms with E-state index >= 15 is 0 Å². The molecule has 2 rings (SSSR count). The molecule has 2 N–H and O–H groups in total. The molecule has 0 aliphatic heterocycles. The van der Waals surface area contributed by atoms with Gasteiger partial charge in [0.15, 0.2) is 0 Å². The van der Waals surface area contributed by atoms with E-state index in [0.717, 1.165) is 18.1 Å². The molecule has 1 radical (unpaired) electrons. The van der Waals surface area contributed by atoms with Crippen LogP contribution in [0.5, 0.6) is 11.5 Å². The van der Waals surface area contributed by atoms with E-state index in [0.29, 0.717) is 5.56 Å². The summed E-state index contributed by atoms with van der Waals surface area (Å²) in [7, 11) is 0. The Hall–Kier alpha value is -2.56. The lowest BCUT2D eigenvalue weighted by molar-refractivity contribution is -0.385. The number of benzene rings is 2. The fraction of sp³-hybridized carbons (Fsp3) is 0.143. The second-order valence-corrected chi connectivity index (χ2v) is 4.05. The molecule has 0 heterocycles. The van der Waals surface area contributed by atoms with E-state index in [1.54, 1.807) is 18.2 Å². The predicted molar refractivity (Wildman–Crippen MR) is 70.1 cm³/mol. The van der Waals surface area contributed by atoms with Crippen molar-refractivity contribution in [3.8, 4) is 22.6 Å². The first kappa shape index (κ1) is 12.9. The summed E-state index contributed by atoms with van der Waals surface area (Å²) in [6.07, 6.45) is 0.762. The van der Waals surface area contributed by atoms with Crippen LogP contribution in [-0.4, -0.2) is 15.1 Å². The summed E-state index contributed by atoms with van der Waals surface area (Å²) in [5.41, 5.74) is 0.964. The highest BCUT2D eigenvalue weighted by Gasteiger charge is 2.19. The minimum absolute atomic E-state index is 0.0357. The molecule has 97 valence electrons. The van der Waals surface area contributed by atoms with Gasteiger partial charge in [0.05, 0.1) is 4.92 Å².